The van der Waals surface area contributed by atoms with E-state index in [4.69, 9.17) is 0 Å². The highest BCUT2D eigenvalue weighted by molar-refractivity contribution is 5.94. The fraction of sp³-hybridized carbons (Fsp3) is 0.476. The zero-order valence-corrected chi connectivity index (χ0v) is 16.1. The normalized spacial score (nSPS) is 19.4. The van der Waals surface area contributed by atoms with Crippen molar-refractivity contribution in [3.8, 4) is 0 Å². The van der Waals surface area contributed by atoms with Crippen LogP contribution >= 0.6 is 0 Å². The summed E-state index contributed by atoms with van der Waals surface area (Å²) in [6.45, 7) is 3.86. The van der Waals surface area contributed by atoms with Gasteiger partial charge in [-0.2, -0.15) is 5.10 Å². The van der Waals surface area contributed by atoms with Gasteiger partial charge in [-0.3, -0.25) is 9.59 Å². The van der Waals surface area contributed by atoms with Crippen LogP contribution < -0.4 is 10.9 Å². The topological polar surface area (TPSA) is 78.1 Å². The molecule has 1 aromatic heterocycles. The van der Waals surface area contributed by atoms with Gasteiger partial charge in [0.1, 0.15) is 5.82 Å². The summed E-state index contributed by atoms with van der Waals surface area (Å²) in [6, 6.07) is 4.87. The second-order valence-electron chi connectivity index (χ2n) is 7.76. The van der Waals surface area contributed by atoms with Crippen LogP contribution in [0.2, 0.25) is 0 Å². The molecule has 1 atom stereocenters. The number of carbonyl (C=O) groups is 1. The van der Waals surface area contributed by atoms with Crippen molar-refractivity contribution in [1.29, 1.82) is 0 Å². The van der Waals surface area contributed by atoms with Crippen LogP contribution in [0.15, 0.2) is 23.0 Å². The van der Waals surface area contributed by atoms with Crippen molar-refractivity contribution in [3.05, 3.63) is 62.3 Å². The van der Waals surface area contributed by atoms with Gasteiger partial charge < -0.3 is 10.2 Å². The molecule has 2 heterocycles. The molecule has 2 aliphatic rings. The molecular formula is C21H25FN4O2. The van der Waals surface area contributed by atoms with E-state index in [1.54, 1.807) is 17.0 Å². The van der Waals surface area contributed by atoms with E-state index in [0.717, 1.165) is 48.1 Å². The highest BCUT2D eigenvalue weighted by atomic mass is 19.1. The molecule has 0 bridgehead atoms. The monoisotopic (exact) mass is 384 g/mol. The van der Waals surface area contributed by atoms with Crippen LogP contribution in [0.3, 0.4) is 0 Å². The quantitative estimate of drug-likeness (QED) is 0.846. The number of hydrogen-bond acceptors (Lipinski definition) is 4. The number of piperazine rings is 1. The molecule has 7 heteroatoms. The van der Waals surface area contributed by atoms with E-state index >= 15 is 0 Å². The standard InChI is InChI=1S/C21H25FN4O2/c1-13-12-26(9-8-23-13)21(28)17-10-14(6-7-18(17)22)11-19-15-4-2-3-5-16(15)20(27)25-24-19/h6-7,10,13,23H,2-5,8-9,11-12H2,1H3,(H,25,27)/t13-/m1/s1. The second-order valence-corrected chi connectivity index (χ2v) is 7.76. The van der Waals surface area contributed by atoms with Crippen molar-refractivity contribution in [1.82, 2.24) is 20.4 Å². The number of halogens is 1. The molecule has 1 saturated heterocycles. The molecule has 0 saturated carbocycles. The van der Waals surface area contributed by atoms with Crippen molar-refractivity contribution in [2.75, 3.05) is 19.6 Å². The molecule has 28 heavy (non-hydrogen) atoms. The van der Waals surface area contributed by atoms with E-state index in [1.807, 2.05) is 6.92 Å². The van der Waals surface area contributed by atoms with Gasteiger partial charge >= 0.3 is 0 Å². The first-order valence-electron chi connectivity index (χ1n) is 9.93. The Morgan fingerprint density at radius 1 is 1.29 bits per heavy atom. The molecular weight excluding hydrogens is 359 g/mol. The number of aromatic amines is 1. The number of aromatic nitrogens is 2. The summed E-state index contributed by atoms with van der Waals surface area (Å²) in [4.78, 5) is 26.6. The highest BCUT2D eigenvalue weighted by Crippen LogP contribution is 2.23. The van der Waals surface area contributed by atoms with Crippen LogP contribution in [0, 0.1) is 5.82 Å². The summed E-state index contributed by atoms with van der Waals surface area (Å²) >= 11 is 0. The summed E-state index contributed by atoms with van der Waals surface area (Å²) in [7, 11) is 0. The molecule has 0 spiro atoms. The lowest BCUT2D eigenvalue weighted by Crippen LogP contribution is -2.51. The summed E-state index contributed by atoms with van der Waals surface area (Å²) in [5.74, 6) is -0.777. The first-order valence-corrected chi connectivity index (χ1v) is 9.93. The van der Waals surface area contributed by atoms with Gasteiger partial charge in [-0.15, -0.1) is 0 Å². The van der Waals surface area contributed by atoms with Gasteiger partial charge in [0.2, 0.25) is 0 Å². The first-order chi connectivity index (χ1) is 13.5. The van der Waals surface area contributed by atoms with Gasteiger partial charge in [0.25, 0.3) is 11.5 Å². The molecule has 2 N–H and O–H groups in total. The fourth-order valence-corrected chi connectivity index (χ4v) is 4.20. The molecule has 6 nitrogen and oxygen atoms in total. The number of benzene rings is 1. The minimum absolute atomic E-state index is 0.102. The molecule has 0 radical (unpaired) electrons. The molecule has 1 fully saturated rings. The molecule has 4 rings (SSSR count). The number of carbonyl (C=O) groups excluding carboxylic acids is 1. The third-order valence-corrected chi connectivity index (χ3v) is 5.67. The van der Waals surface area contributed by atoms with Crippen molar-refractivity contribution in [2.45, 2.75) is 45.1 Å². The predicted octanol–water partition coefficient (Wildman–Crippen LogP) is 1.81. The van der Waals surface area contributed by atoms with E-state index in [2.05, 4.69) is 15.5 Å². The number of nitrogens with zero attached hydrogens (tertiary/aromatic N) is 2. The SMILES string of the molecule is C[C@@H]1CN(C(=O)c2cc(Cc3n[nH]c(=O)c4c3CCCC4)ccc2F)CCN1. The number of hydrogen-bond donors (Lipinski definition) is 2. The average molecular weight is 384 g/mol. The Balaban J connectivity index is 1.61. The van der Waals surface area contributed by atoms with Crippen molar-refractivity contribution in [3.63, 3.8) is 0 Å². The Morgan fingerprint density at radius 3 is 2.86 bits per heavy atom. The molecule has 148 valence electrons. The molecule has 1 amide bonds. The zero-order valence-electron chi connectivity index (χ0n) is 16.1. The van der Waals surface area contributed by atoms with Crippen LogP contribution in [-0.2, 0) is 19.3 Å². The Hall–Kier alpha value is -2.54. The van der Waals surface area contributed by atoms with Gasteiger partial charge in [-0.25, -0.2) is 9.49 Å². The summed E-state index contributed by atoms with van der Waals surface area (Å²) in [6.07, 6.45) is 4.14. The minimum Gasteiger partial charge on any atom is -0.336 e. The van der Waals surface area contributed by atoms with Crippen LogP contribution in [0.1, 0.15) is 52.5 Å². The third-order valence-electron chi connectivity index (χ3n) is 5.67. The van der Waals surface area contributed by atoms with Crippen molar-refractivity contribution < 1.29 is 9.18 Å². The molecule has 1 aromatic carbocycles. The molecule has 1 aliphatic carbocycles. The smallest absolute Gasteiger partial charge is 0.267 e. The number of amides is 1. The predicted molar refractivity (Wildman–Crippen MR) is 104 cm³/mol. The average Bonchev–Trinajstić information content (AvgIpc) is 2.71. The van der Waals surface area contributed by atoms with Gasteiger partial charge in [0, 0.05) is 37.7 Å². The lowest BCUT2D eigenvalue weighted by Gasteiger charge is -2.32. The number of rotatable bonds is 3. The molecule has 2 aromatic rings. The van der Waals surface area contributed by atoms with Crippen LogP contribution in [-0.4, -0.2) is 46.7 Å². The molecule has 0 unspecified atom stereocenters. The Morgan fingerprint density at radius 2 is 2.07 bits per heavy atom. The maximum absolute atomic E-state index is 14.4. The Kier molecular flexibility index (Phi) is 5.26. The maximum atomic E-state index is 14.4. The number of nitrogens with one attached hydrogen (secondary N) is 2. The first kappa shape index (κ1) is 18.8. The fourth-order valence-electron chi connectivity index (χ4n) is 4.20. The Bertz CT molecular complexity index is 956. The van der Waals surface area contributed by atoms with E-state index in [9.17, 15) is 14.0 Å². The lowest BCUT2D eigenvalue weighted by molar-refractivity contribution is 0.0704. The summed E-state index contributed by atoms with van der Waals surface area (Å²) in [5.41, 5.74) is 3.47. The van der Waals surface area contributed by atoms with Crippen molar-refractivity contribution >= 4 is 5.91 Å². The maximum Gasteiger partial charge on any atom is 0.267 e. The Labute approximate surface area is 163 Å². The minimum atomic E-state index is -0.503. The van der Waals surface area contributed by atoms with Crippen LogP contribution in [0.5, 0.6) is 0 Å². The zero-order chi connectivity index (χ0) is 19.7. The number of H-pyrrole nitrogens is 1. The second kappa shape index (κ2) is 7.83. The largest absolute Gasteiger partial charge is 0.336 e. The van der Waals surface area contributed by atoms with Gasteiger partial charge in [0.05, 0.1) is 11.3 Å². The van der Waals surface area contributed by atoms with Crippen LogP contribution in [0.4, 0.5) is 4.39 Å². The van der Waals surface area contributed by atoms with Crippen molar-refractivity contribution in [2.24, 2.45) is 0 Å². The number of fused-ring (bicyclic) bond motifs is 1. The van der Waals surface area contributed by atoms with E-state index in [1.165, 1.54) is 6.07 Å². The summed E-state index contributed by atoms with van der Waals surface area (Å²) < 4.78 is 14.4. The van der Waals surface area contributed by atoms with Gasteiger partial charge in [-0.1, -0.05) is 6.07 Å². The van der Waals surface area contributed by atoms with E-state index < -0.39 is 5.82 Å². The highest BCUT2D eigenvalue weighted by Gasteiger charge is 2.24. The van der Waals surface area contributed by atoms with E-state index in [0.29, 0.717) is 26.1 Å². The lowest BCUT2D eigenvalue weighted by atomic mass is 9.90. The molecule has 1 aliphatic heterocycles. The van der Waals surface area contributed by atoms with Gasteiger partial charge in [-0.05, 0) is 55.9 Å². The third kappa shape index (κ3) is 3.71. The van der Waals surface area contributed by atoms with E-state index in [-0.39, 0.29) is 23.1 Å². The van der Waals surface area contributed by atoms with Crippen LogP contribution in [0.25, 0.3) is 0 Å². The summed E-state index contributed by atoms with van der Waals surface area (Å²) in [5, 5.41) is 10.1. The van der Waals surface area contributed by atoms with Gasteiger partial charge in [0.15, 0.2) is 0 Å².